The Morgan fingerprint density at radius 3 is 2.41 bits per heavy atom. The SMILES string of the molecule is CCNC(=NCC1CN(C)CCN1C)N1CC(C)CC(C)C1. The molecule has 2 aliphatic heterocycles. The molecule has 128 valence electrons. The summed E-state index contributed by atoms with van der Waals surface area (Å²) in [5.41, 5.74) is 0. The molecule has 2 saturated heterocycles. The van der Waals surface area contributed by atoms with Crippen molar-refractivity contribution in [2.45, 2.75) is 33.2 Å². The Balaban J connectivity index is 1.99. The van der Waals surface area contributed by atoms with Gasteiger partial charge in [0.25, 0.3) is 0 Å². The van der Waals surface area contributed by atoms with Crippen molar-refractivity contribution in [3.05, 3.63) is 0 Å². The zero-order valence-electron chi connectivity index (χ0n) is 15.2. The minimum absolute atomic E-state index is 0.534. The molecule has 0 aromatic heterocycles. The number of piperidine rings is 1. The predicted molar refractivity (Wildman–Crippen MR) is 94.4 cm³/mol. The van der Waals surface area contributed by atoms with Crippen molar-refractivity contribution >= 4 is 5.96 Å². The first-order valence-electron chi connectivity index (χ1n) is 8.91. The van der Waals surface area contributed by atoms with E-state index in [1.807, 2.05) is 0 Å². The summed E-state index contributed by atoms with van der Waals surface area (Å²) < 4.78 is 0. The molecule has 0 bridgehead atoms. The predicted octanol–water partition coefficient (Wildman–Crippen LogP) is 1.18. The number of rotatable bonds is 3. The normalized spacial score (nSPS) is 32.3. The van der Waals surface area contributed by atoms with Crippen molar-refractivity contribution in [1.29, 1.82) is 0 Å². The molecular formula is C17H35N5. The molecular weight excluding hydrogens is 274 g/mol. The van der Waals surface area contributed by atoms with Gasteiger partial charge < -0.3 is 15.1 Å². The summed E-state index contributed by atoms with van der Waals surface area (Å²) in [6, 6.07) is 0.534. The quantitative estimate of drug-likeness (QED) is 0.627. The third-order valence-corrected chi connectivity index (χ3v) is 4.94. The van der Waals surface area contributed by atoms with E-state index in [0.29, 0.717) is 6.04 Å². The molecule has 0 amide bonds. The molecule has 5 heteroatoms. The maximum Gasteiger partial charge on any atom is 0.193 e. The van der Waals surface area contributed by atoms with E-state index in [1.54, 1.807) is 0 Å². The Bertz CT molecular complexity index is 360. The molecule has 3 unspecified atom stereocenters. The van der Waals surface area contributed by atoms with Crippen LogP contribution in [0.5, 0.6) is 0 Å². The first kappa shape index (κ1) is 17.5. The lowest BCUT2D eigenvalue weighted by atomic mass is 9.92. The fourth-order valence-electron chi connectivity index (χ4n) is 3.75. The molecule has 5 nitrogen and oxygen atoms in total. The van der Waals surface area contributed by atoms with Crippen LogP contribution >= 0.6 is 0 Å². The fourth-order valence-corrected chi connectivity index (χ4v) is 3.75. The second-order valence-electron chi connectivity index (χ2n) is 7.44. The summed E-state index contributed by atoms with van der Waals surface area (Å²) in [6.45, 7) is 14.4. The number of nitrogens with one attached hydrogen (secondary N) is 1. The highest BCUT2D eigenvalue weighted by Crippen LogP contribution is 2.21. The van der Waals surface area contributed by atoms with Gasteiger partial charge in [0.05, 0.1) is 6.54 Å². The van der Waals surface area contributed by atoms with Crippen molar-refractivity contribution in [1.82, 2.24) is 20.0 Å². The van der Waals surface area contributed by atoms with Crippen molar-refractivity contribution in [3.8, 4) is 0 Å². The van der Waals surface area contributed by atoms with Gasteiger partial charge >= 0.3 is 0 Å². The lowest BCUT2D eigenvalue weighted by Gasteiger charge is -2.39. The Labute approximate surface area is 136 Å². The summed E-state index contributed by atoms with van der Waals surface area (Å²) in [6.07, 6.45) is 1.34. The average Bonchev–Trinajstić information content (AvgIpc) is 2.45. The zero-order valence-corrected chi connectivity index (χ0v) is 15.2. The van der Waals surface area contributed by atoms with Crippen LogP contribution in [0.3, 0.4) is 0 Å². The second-order valence-corrected chi connectivity index (χ2v) is 7.44. The van der Waals surface area contributed by atoms with Crippen LogP contribution in [-0.4, -0.2) is 86.6 Å². The lowest BCUT2D eigenvalue weighted by molar-refractivity contribution is 0.119. The highest BCUT2D eigenvalue weighted by molar-refractivity contribution is 5.80. The molecule has 0 aromatic rings. The fraction of sp³-hybridized carbons (Fsp3) is 0.941. The van der Waals surface area contributed by atoms with Crippen molar-refractivity contribution in [2.75, 3.05) is 59.9 Å². The maximum absolute atomic E-state index is 4.98. The summed E-state index contributed by atoms with van der Waals surface area (Å²) in [5, 5.41) is 3.50. The minimum atomic E-state index is 0.534. The van der Waals surface area contributed by atoms with Crippen LogP contribution in [-0.2, 0) is 0 Å². The lowest BCUT2D eigenvalue weighted by Crippen LogP contribution is -2.52. The first-order valence-corrected chi connectivity index (χ1v) is 8.91. The summed E-state index contributed by atoms with van der Waals surface area (Å²) in [5.74, 6) is 2.63. The highest BCUT2D eigenvalue weighted by atomic mass is 15.3. The van der Waals surface area contributed by atoms with Crippen LogP contribution in [0.2, 0.25) is 0 Å². The molecule has 0 radical (unpaired) electrons. The largest absolute Gasteiger partial charge is 0.357 e. The van der Waals surface area contributed by atoms with Crippen LogP contribution < -0.4 is 5.32 Å². The van der Waals surface area contributed by atoms with Crippen LogP contribution in [0, 0.1) is 11.8 Å². The van der Waals surface area contributed by atoms with Gasteiger partial charge in [0, 0.05) is 45.3 Å². The summed E-state index contributed by atoms with van der Waals surface area (Å²) in [4.78, 5) is 12.3. The van der Waals surface area contributed by atoms with Crippen molar-refractivity contribution in [2.24, 2.45) is 16.8 Å². The van der Waals surface area contributed by atoms with Gasteiger partial charge in [-0.3, -0.25) is 9.89 Å². The van der Waals surface area contributed by atoms with Gasteiger partial charge in [-0.15, -0.1) is 0 Å². The Hall–Kier alpha value is -0.810. The van der Waals surface area contributed by atoms with Gasteiger partial charge in [0.2, 0.25) is 0 Å². The van der Waals surface area contributed by atoms with Gasteiger partial charge in [0.1, 0.15) is 0 Å². The van der Waals surface area contributed by atoms with Crippen LogP contribution in [0.1, 0.15) is 27.2 Å². The standard InChI is InChI=1S/C17H35N5/c1-6-18-17(22-11-14(2)9-15(3)12-22)19-10-16-13-20(4)7-8-21(16)5/h14-16H,6-13H2,1-5H3,(H,18,19). The maximum atomic E-state index is 4.98. The van der Waals surface area contributed by atoms with E-state index in [1.165, 1.54) is 6.42 Å². The molecule has 0 aromatic carbocycles. The monoisotopic (exact) mass is 309 g/mol. The number of hydrogen-bond acceptors (Lipinski definition) is 3. The molecule has 0 saturated carbocycles. The number of aliphatic imine (C=N–C) groups is 1. The van der Waals surface area contributed by atoms with Gasteiger partial charge in [-0.25, -0.2) is 0 Å². The highest BCUT2D eigenvalue weighted by Gasteiger charge is 2.25. The van der Waals surface area contributed by atoms with E-state index in [2.05, 4.69) is 54.9 Å². The molecule has 2 rings (SSSR count). The van der Waals surface area contributed by atoms with Crippen LogP contribution in [0.15, 0.2) is 4.99 Å². The minimum Gasteiger partial charge on any atom is -0.357 e. The van der Waals surface area contributed by atoms with Gasteiger partial charge in [0.15, 0.2) is 5.96 Å². The molecule has 22 heavy (non-hydrogen) atoms. The molecule has 0 aliphatic carbocycles. The number of likely N-dealkylation sites (tertiary alicyclic amines) is 1. The third kappa shape index (κ3) is 4.85. The van der Waals surface area contributed by atoms with E-state index in [9.17, 15) is 0 Å². The Morgan fingerprint density at radius 1 is 1.09 bits per heavy atom. The van der Waals surface area contributed by atoms with Crippen molar-refractivity contribution < 1.29 is 0 Å². The summed E-state index contributed by atoms with van der Waals surface area (Å²) in [7, 11) is 4.44. The van der Waals surface area contributed by atoms with Gasteiger partial charge in [-0.1, -0.05) is 13.8 Å². The summed E-state index contributed by atoms with van der Waals surface area (Å²) >= 11 is 0. The molecule has 1 N–H and O–H groups in total. The number of guanidine groups is 1. The zero-order chi connectivity index (χ0) is 16.1. The number of nitrogens with zero attached hydrogens (tertiary/aromatic N) is 4. The topological polar surface area (TPSA) is 34.1 Å². The van der Waals surface area contributed by atoms with Crippen LogP contribution in [0.25, 0.3) is 0 Å². The second kappa shape index (κ2) is 8.16. The number of likely N-dealkylation sites (N-methyl/N-ethyl adjacent to an activating group) is 2. The average molecular weight is 310 g/mol. The van der Waals surface area contributed by atoms with E-state index in [4.69, 9.17) is 4.99 Å². The smallest absolute Gasteiger partial charge is 0.193 e. The number of piperazine rings is 1. The van der Waals surface area contributed by atoms with E-state index in [0.717, 1.165) is 63.6 Å². The first-order chi connectivity index (χ1) is 10.5. The van der Waals surface area contributed by atoms with Gasteiger partial charge in [-0.05, 0) is 39.3 Å². The molecule has 0 spiro atoms. The Morgan fingerprint density at radius 2 is 1.77 bits per heavy atom. The molecule has 2 heterocycles. The molecule has 3 atom stereocenters. The van der Waals surface area contributed by atoms with E-state index >= 15 is 0 Å². The molecule has 2 aliphatic rings. The third-order valence-electron chi connectivity index (χ3n) is 4.94. The van der Waals surface area contributed by atoms with Crippen molar-refractivity contribution in [3.63, 3.8) is 0 Å². The van der Waals surface area contributed by atoms with Gasteiger partial charge in [-0.2, -0.15) is 0 Å². The number of hydrogen-bond donors (Lipinski definition) is 1. The van der Waals surface area contributed by atoms with E-state index in [-0.39, 0.29) is 0 Å². The molecule has 2 fully saturated rings. The Kier molecular flexibility index (Phi) is 6.50. The van der Waals surface area contributed by atoms with E-state index < -0.39 is 0 Å². The van der Waals surface area contributed by atoms with Crippen LogP contribution in [0.4, 0.5) is 0 Å².